The van der Waals surface area contributed by atoms with Gasteiger partial charge >= 0.3 is 5.97 Å². The van der Waals surface area contributed by atoms with Crippen LogP contribution in [0.1, 0.15) is 31.2 Å². The van der Waals surface area contributed by atoms with Crippen molar-refractivity contribution < 1.29 is 14.7 Å². The van der Waals surface area contributed by atoms with Crippen LogP contribution in [0.4, 0.5) is 5.69 Å². The molecular formula is C15H19NO3S. The Morgan fingerprint density at radius 2 is 2.15 bits per heavy atom. The summed E-state index contributed by atoms with van der Waals surface area (Å²) >= 11 is 1.35. The summed E-state index contributed by atoms with van der Waals surface area (Å²) in [6.07, 6.45) is 4.19. The number of carbonyl (C=O) groups is 2. The molecule has 1 aliphatic rings. The molecule has 1 aromatic rings. The minimum Gasteiger partial charge on any atom is -0.481 e. The Balaban J connectivity index is 1.81. The SMILES string of the molecule is O=C(O)CSCc1cccc(NC(=O)CC2CCC2)c1. The van der Waals surface area contributed by atoms with Crippen molar-refractivity contribution in [2.75, 3.05) is 11.1 Å². The maximum absolute atomic E-state index is 11.8. The monoisotopic (exact) mass is 293 g/mol. The van der Waals surface area contributed by atoms with Crippen LogP contribution in [0.15, 0.2) is 24.3 Å². The molecule has 0 atom stereocenters. The molecule has 2 N–H and O–H groups in total. The Bertz CT molecular complexity index is 486. The smallest absolute Gasteiger partial charge is 0.313 e. The highest BCUT2D eigenvalue weighted by molar-refractivity contribution is 7.99. The molecule has 0 radical (unpaired) electrons. The number of anilines is 1. The van der Waals surface area contributed by atoms with Gasteiger partial charge in [0.1, 0.15) is 0 Å². The lowest BCUT2D eigenvalue weighted by molar-refractivity contribution is -0.133. The average Bonchev–Trinajstić information content (AvgIpc) is 2.34. The number of thioether (sulfide) groups is 1. The molecule has 5 heteroatoms. The van der Waals surface area contributed by atoms with Gasteiger partial charge in [-0.05, 0) is 36.5 Å². The first-order valence-electron chi connectivity index (χ1n) is 6.82. The van der Waals surface area contributed by atoms with E-state index in [0.717, 1.165) is 11.3 Å². The minimum absolute atomic E-state index is 0.0741. The number of carbonyl (C=O) groups excluding carboxylic acids is 1. The van der Waals surface area contributed by atoms with Gasteiger partial charge in [-0.1, -0.05) is 18.6 Å². The maximum Gasteiger partial charge on any atom is 0.313 e. The van der Waals surface area contributed by atoms with E-state index >= 15 is 0 Å². The molecule has 20 heavy (non-hydrogen) atoms. The van der Waals surface area contributed by atoms with Crippen LogP contribution in [0.5, 0.6) is 0 Å². The summed E-state index contributed by atoms with van der Waals surface area (Å²) in [5.74, 6) is 0.561. The van der Waals surface area contributed by atoms with Crippen LogP contribution in [-0.4, -0.2) is 22.7 Å². The van der Waals surface area contributed by atoms with Crippen LogP contribution in [0.2, 0.25) is 0 Å². The second kappa shape index (κ2) is 7.33. The summed E-state index contributed by atoms with van der Waals surface area (Å²) < 4.78 is 0. The second-order valence-corrected chi connectivity index (χ2v) is 6.12. The van der Waals surface area contributed by atoms with Gasteiger partial charge in [-0.25, -0.2) is 0 Å². The lowest BCUT2D eigenvalue weighted by Gasteiger charge is -2.24. The van der Waals surface area contributed by atoms with Crippen LogP contribution in [-0.2, 0) is 15.3 Å². The molecule has 1 amide bonds. The third kappa shape index (κ3) is 4.89. The van der Waals surface area contributed by atoms with Crippen molar-refractivity contribution in [1.82, 2.24) is 0 Å². The van der Waals surface area contributed by atoms with Gasteiger partial charge in [-0.2, -0.15) is 0 Å². The van der Waals surface area contributed by atoms with E-state index in [9.17, 15) is 9.59 Å². The number of aliphatic carboxylic acids is 1. The number of hydrogen-bond acceptors (Lipinski definition) is 3. The number of carboxylic acids is 1. The first kappa shape index (κ1) is 14.9. The van der Waals surface area contributed by atoms with Gasteiger partial charge < -0.3 is 10.4 Å². The molecule has 1 aliphatic carbocycles. The molecule has 0 spiro atoms. The van der Waals surface area contributed by atoms with Crippen molar-refractivity contribution in [1.29, 1.82) is 0 Å². The molecule has 0 saturated heterocycles. The molecule has 0 aromatic heterocycles. The molecule has 0 aliphatic heterocycles. The van der Waals surface area contributed by atoms with Crippen molar-refractivity contribution in [2.45, 2.75) is 31.4 Å². The molecule has 1 aromatic carbocycles. The number of nitrogens with one attached hydrogen (secondary N) is 1. The molecule has 0 bridgehead atoms. The average molecular weight is 293 g/mol. The van der Waals surface area contributed by atoms with E-state index < -0.39 is 5.97 Å². The lowest BCUT2D eigenvalue weighted by atomic mass is 9.83. The molecule has 0 heterocycles. The molecule has 1 fully saturated rings. The molecule has 4 nitrogen and oxygen atoms in total. The Kier molecular flexibility index (Phi) is 5.47. The number of rotatable bonds is 7. The number of benzene rings is 1. The van der Waals surface area contributed by atoms with Crippen LogP contribution >= 0.6 is 11.8 Å². The maximum atomic E-state index is 11.8. The van der Waals surface area contributed by atoms with Gasteiger partial charge in [0.05, 0.1) is 5.75 Å². The van der Waals surface area contributed by atoms with E-state index in [4.69, 9.17) is 5.11 Å². The summed E-state index contributed by atoms with van der Waals surface area (Å²) in [5, 5.41) is 11.5. The summed E-state index contributed by atoms with van der Waals surface area (Å²) in [7, 11) is 0. The van der Waals surface area contributed by atoms with E-state index in [1.54, 1.807) is 0 Å². The van der Waals surface area contributed by atoms with Crippen LogP contribution in [0.25, 0.3) is 0 Å². The number of carboxylic acid groups (broad SMARTS) is 1. The van der Waals surface area contributed by atoms with Crippen molar-refractivity contribution in [2.24, 2.45) is 5.92 Å². The van der Waals surface area contributed by atoms with Crippen LogP contribution in [0, 0.1) is 5.92 Å². The highest BCUT2D eigenvalue weighted by Gasteiger charge is 2.20. The number of hydrogen-bond donors (Lipinski definition) is 2. The van der Waals surface area contributed by atoms with Gasteiger partial charge in [0.15, 0.2) is 0 Å². The fourth-order valence-electron chi connectivity index (χ4n) is 2.17. The first-order chi connectivity index (χ1) is 9.63. The zero-order valence-corrected chi connectivity index (χ0v) is 12.1. The fraction of sp³-hybridized carbons (Fsp3) is 0.467. The van der Waals surface area contributed by atoms with E-state index in [-0.39, 0.29) is 11.7 Å². The zero-order valence-electron chi connectivity index (χ0n) is 11.3. The molecule has 2 rings (SSSR count). The minimum atomic E-state index is -0.806. The fourth-order valence-corrected chi connectivity index (χ4v) is 2.86. The van der Waals surface area contributed by atoms with Gasteiger partial charge in [0.25, 0.3) is 0 Å². The summed E-state index contributed by atoms with van der Waals surface area (Å²) in [6.45, 7) is 0. The highest BCUT2D eigenvalue weighted by atomic mass is 32.2. The van der Waals surface area contributed by atoms with Crippen LogP contribution in [0.3, 0.4) is 0 Å². The van der Waals surface area contributed by atoms with Gasteiger partial charge in [-0.3, -0.25) is 9.59 Å². The van der Waals surface area contributed by atoms with Crippen molar-refractivity contribution in [3.63, 3.8) is 0 Å². The topological polar surface area (TPSA) is 66.4 Å². The summed E-state index contributed by atoms with van der Waals surface area (Å²) in [6, 6.07) is 7.60. The predicted molar refractivity (Wildman–Crippen MR) is 80.8 cm³/mol. The zero-order chi connectivity index (χ0) is 14.4. The third-order valence-electron chi connectivity index (χ3n) is 3.40. The number of amides is 1. The van der Waals surface area contributed by atoms with E-state index in [1.165, 1.54) is 31.0 Å². The van der Waals surface area contributed by atoms with Gasteiger partial charge in [-0.15, -0.1) is 11.8 Å². The quantitative estimate of drug-likeness (QED) is 0.810. The van der Waals surface area contributed by atoms with Crippen molar-refractivity contribution in [3.8, 4) is 0 Å². The van der Waals surface area contributed by atoms with Crippen molar-refractivity contribution in [3.05, 3.63) is 29.8 Å². The summed E-state index contributed by atoms with van der Waals surface area (Å²) in [4.78, 5) is 22.3. The third-order valence-corrected chi connectivity index (χ3v) is 4.39. The molecule has 108 valence electrons. The first-order valence-corrected chi connectivity index (χ1v) is 7.97. The standard InChI is InChI=1S/C15H19NO3S/c17-14(8-11-3-1-4-11)16-13-6-2-5-12(7-13)9-20-10-15(18)19/h2,5-7,11H,1,3-4,8-10H2,(H,16,17)(H,18,19). The predicted octanol–water partition coefficient (Wildman–Crippen LogP) is 3.13. The van der Waals surface area contributed by atoms with E-state index in [2.05, 4.69) is 5.32 Å². The largest absolute Gasteiger partial charge is 0.481 e. The van der Waals surface area contributed by atoms with Crippen LogP contribution < -0.4 is 5.32 Å². The Morgan fingerprint density at radius 1 is 1.35 bits per heavy atom. The second-order valence-electron chi connectivity index (χ2n) is 5.14. The van der Waals surface area contributed by atoms with Crippen molar-refractivity contribution >= 4 is 29.3 Å². The molecular weight excluding hydrogens is 274 g/mol. The summed E-state index contributed by atoms with van der Waals surface area (Å²) in [5.41, 5.74) is 1.82. The Morgan fingerprint density at radius 3 is 2.80 bits per heavy atom. The lowest BCUT2D eigenvalue weighted by Crippen LogP contribution is -2.20. The van der Waals surface area contributed by atoms with E-state index in [1.807, 2.05) is 24.3 Å². The van der Waals surface area contributed by atoms with Gasteiger partial charge in [0, 0.05) is 17.9 Å². The Hall–Kier alpha value is -1.49. The highest BCUT2D eigenvalue weighted by Crippen LogP contribution is 2.29. The van der Waals surface area contributed by atoms with Gasteiger partial charge in [0.2, 0.25) is 5.91 Å². The Labute approximate surface area is 123 Å². The van der Waals surface area contributed by atoms with E-state index in [0.29, 0.717) is 18.1 Å². The molecule has 1 saturated carbocycles. The molecule has 0 unspecified atom stereocenters. The normalized spacial score (nSPS) is 14.6.